The lowest BCUT2D eigenvalue weighted by atomic mass is 9.92. The van der Waals surface area contributed by atoms with Crippen LogP contribution in [0.1, 0.15) is 37.7 Å². The average Bonchev–Trinajstić information content (AvgIpc) is 3.44. The van der Waals surface area contributed by atoms with Crippen molar-refractivity contribution in [2.75, 3.05) is 10.6 Å². The van der Waals surface area contributed by atoms with E-state index in [9.17, 15) is 9.59 Å². The zero-order valence-electron chi connectivity index (χ0n) is 20.9. The Morgan fingerprint density at radius 3 is 2.39 bits per heavy atom. The maximum absolute atomic E-state index is 12.7. The quantitative estimate of drug-likeness (QED) is 0.355. The lowest BCUT2D eigenvalue weighted by molar-refractivity contribution is -0.122. The summed E-state index contributed by atoms with van der Waals surface area (Å²) in [7, 11) is 0. The molecule has 2 aromatic carbocycles. The fraction of sp³-hybridized carbons (Fsp3) is 0.259. The second-order valence-corrected chi connectivity index (χ2v) is 9.62. The molecule has 0 unspecified atom stereocenters. The summed E-state index contributed by atoms with van der Waals surface area (Å²) in [6, 6.07) is 20.3. The Bertz CT molecular complexity index is 1350. The van der Waals surface area contributed by atoms with Gasteiger partial charge in [0.1, 0.15) is 12.4 Å². The highest BCUT2D eigenvalue weighted by atomic mass is 16.2. The summed E-state index contributed by atoms with van der Waals surface area (Å²) in [6.45, 7) is 8.61. The first-order valence-electron chi connectivity index (χ1n) is 11.8. The minimum Gasteiger partial charge on any atom is -0.350 e. The van der Waals surface area contributed by atoms with E-state index in [1.54, 1.807) is 15.6 Å². The van der Waals surface area contributed by atoms with Crippen LogP contribution in [0.3, 0.4) is 0 Å². The smallest absolute Gasteiger partial charge is 0.324 e. The minimum atomic E-state index is -0.361. The fourth-order valence-corrected chi connectivity index (χ4v) is 3.59. The van der Waals surface area contributed by atoms with Crippen LogP contribution in [-0.4, -0.2) is 31.5 Å². The Morgan fingerprint density at radius 1 is 0.917 bits per heavy atom. The molecule has 3 amide bonds. The summed E-state index contributed by atoms with van der Waals surface area (Å²) in [4.78, 5) is 25.0. The predicted molar refractivity (Wildman–Crippen MR) is 140 cm³/mol. The average molecular weight is 486 g/mol. The van der Waals surface area contributed by atoms with E-state index >= 15 is 0 Å². The third kappa shape index (κ3) is 6.38. The molecule has 0 fully saturated rings. The Morgan fingerprint density at radius 2 is 1.69 bits per heavy atom. The van der Waals surface area contributed by atoms with Crippen molar-refractivity contribution in [3.05, 3.63) is 89.9 Å². The Hall–Kier alpha value is -4.40. The number of hydrogen-bond donors (Lipinski definition) is 3. The highest BCUT2D eigenvalue weighted by Gasteiger charge is 2.21. The molecular weight excluding hydrogens is 454 g/mol. The van der Waals surface area contributed by atoms with E-state index in [4.69, 9.17) is 5.10 Å². The van der Waals surface area contributed by atoms with Crippen LogP contribution in [0.25, 0.3) is 5.69 Å². The number of aromatic nitrogens is 4. The molecule has 2 heterocycles. The third-order valence-corrected chi connectivity index (χ3v) is 5.48. The molecule has 0 saturated carbocycles. The van der Waals surface area contributed by atoms with Gasteiger partial charge in [-0.05, 0) is 42.8 Å². The van der Waals surface area contributed by atoms with E-state index in [-0.39, 0.29) is 23.9 Å². The summed E-state index contributed by atoms with van der Waals surface area (Å²) in [6.07, 6.45) is 1.78. The summed E-state index contributed by atoms with van der Waals surface area (Å²) in [5.41, 5.74) is 3.87. The molecule has 9 heteroatoms. The van der Waals surface area contributed by atoms with Crippen LogP contribution in [0.2, 0.25) is 0 Å². The standard InChI is InChI=1S/C27H31N7O2/c1-19-13-14-33(31-19)18-25(35)28-17-20-9-8-12-22(15-20)34-24(16-23(32-34)27(2,3)4)30-26(36)29-21-10-6-5-7-11-21/h5-16H,17-18H2,1-4H3,(H,28,35)(H2,29,30,36). The number of benzene rings is 2. The number of urea groups is 1. The van der Waals surface area contributed by atoms with Gasteiger partial charge in [0.25, 0.3) is 0 Å². The van der Waals surface area contributed by atoms with Crippen molar-refractivity contribution in [3.63, 3.8) is 0 Å². The molecule has 0 aliphatic heterocycles. The summed E-state index contributed by atoms with van der Waals surface area (Å²) < 4.78 is 3.32. The number of carbonyl (C=O) groups is 2. The first-order valence-corrected chi connectivity index (χ1v) is 11.8. The summed E-state index contributed by atoms with van der Waals surface area (Å²) in [5, 5.41) is 17.7. The number of carbonyl (C=O) groups excluding carboxylic acids is 2. The van der Waals surface area contributed by atoms with Gasteiger partial charge in [-0.25, -0.2) is 9.48 Å². The number of para-hydroxylation sites is 1. The van der Waals surface area contributed by atoms with Gasteiger partial charge in [-0.2, -0.15) is 10.2 Å². The molecule has 9 nitrogen and oxygen atoms in total. The zero-order chi connectivity index (χ0) is 25.7. The number of aryl methyl sites for hydroxylation is 1. The topological polar surface area (TPSA) is 106 Å². The van der Waals surface area contributed by atoms with Crippen LogP contribution in [0.4, 0.5) is 16.3 Å². The Labute approximate surface area is 210 Å². The molecule has 4 rings (SSSR count). The largest absolute Gasteiger partial charge is 0.350 e. The molecule has 0 atom stereocenters. The second-order valence-electron chi connectivity index (χ2n) is 9.62. The third-order valence-electron chi connectivity index (χ3n) is 5.48. The van der Waals surface area contributed by atoms with Crippen LogP contribution in [0.15, 0.2) is 72.9 Å². The van der Waals surface area contributed by atoms with Crippen molar-refractivity contribution in [3.8, 4) is 5.69 Å². The molecule has 0 radical (unpaired) electrons. The number of amides is 3. The lowest BCUT2D eigenvalue weighted by Gasteiger charge is -2.14. The van der Waals surface area contributed by atoms with E-state index < -0.39 is 0 Å². The molecule has 186 valence electrons. The van der Waals surface area contributed by atoms with Gasteiger partial charge in [0.2, 0.25) is 5.91 Å². The molecular formula is C27H31N7O2. The first kappa shape index (κ1) is 24.7. The number of nitrogens with one attached hydrogen (secondary N) is 3. The zero-order valence-corrected chi connectivity index (χ0v) is 20.9. The van der Waals surface area contributed by atoms with E-state index in [0.717, 1.165) is 22.6 Å². The monoisotopic (exact) mass is 485 g/mol. The number of hydrogen-bond acceptors (Lipinski definition) is 4. The predicted octanol–water partition coefficient (Wildman–Crippen LogP) is 4.64. The Kier molecular flexibility index (Phi) is 7.19. The highest BCUT2D eigenvalue weighted by molar-refractivity contribution is 5.99. The van der Waals surface area contributed by atoms with Gasteiger partial charge < -0.3 is 10.6 Å². The van der Waals surface area contributed by atoms with Gasteiger partial charge >= 0.3 is 6.03 Å². The normalized spacial score (nSPS) is 11.2. The Balaban J connectivity index is 1.51. The van der Waals surface area contributed by atoms with Crippen molar-refractivity contribution >= 4 is 23.4 Å². The van der Waals surface area contributed by atoms with E-state index in [0.29, 0.717) is 18.1 Å². The SMILES string of the molecule is Cc1ccn(CC(=O)NCc2cccc(-n3nc(C(C)(C)C)cc3NC(=O)Nc3ccccc3)c2)n1. The molecule has 0 saturated heterocycles. The van der Waals surface area contributed by atoms with Gasteiger partial charge in [-0.15, -0.1) is 0 Å². The van der Waals surface area contributed by atoms with E-state index in [1.165, 1.54) is 0 Å². The van der Waals surface area contributed by atoms with Crippen molar-refractivity contribution in [2.24, 2.45) is 0 Å². The van der Waals surface area contributed by atoms with Crippen molar-refractivity contribution in [1.29, 1.82) is 0 Å². The first-order chi connectivity index (χ1) is 17.2. The van der Waals surface area contributed by atoms with Gasteiger partial charge in [0.05, 0.1) is 17.1 Å². The van der Waals surface area contributed by atoms with Crippen molar-refractivity contribution in [2.45, 2.75) is 46.2 Å². The summed E-state index contributed by atoms with van der Waals surface area (Å²) >= 11 is 0. The molecule has 0 bridgehead atoms. The van der Waals surface area contributed by atoms with Gasteiger partial charge in [0, 0.05) is 29.9 Å². The van der Waals surface area contributed by atoms with Crippen LogP contribution in [0.5, 0.6) is 0 Å². The molecule has 36 heavy (non-hydrogen) atoms. The van der Waals surface area contributed by atoms with Gasteiger partial charge in [-0.3, -0.25) is 14.8 Å². The minimum absolute atomic E-state index is 0.127. The number of nitrogens with zero attached hydrogens (tertiary/aromatic N) is 4. The van der Waals surface area contributed by atoms with Crippen molar-refractivity contribution < 1.29 is 9.59 Å². The van der Waals surface area contributed by atoms with Crippen LogP contribution in [-0.2, 0) is 23.3 Å². The fourth-order valence-electron chi connectivity index (χ4n) is 3.59. The van der Waals surface area contributed by atoms with Gasteiger partial charge in [0.15, 0.2) is 0 Å². The van der Waals surface area contributed by atoms with Crippen molar-refractivity contribution in [1.82, 2.24) is 24.9 Å². The maximum atomic E-state index is 12.7. The molecule has 3 N–H and O–H groups in total. The molecule has 2 aromatic heterocycles. The highest BCUT2D eigenvalue weighted by Crippen LogP contribution is 2.27. The van der Waals surface area contributed by atoms with E-state index in [2.05, 4.69) is 41.8 Å². The molecule has 4 aromatic rings. The molecule has 0 aliphatic rings. The van der Waals surface area contributed by atoms with Crippen LogP contribution in [0, 0.1) is 6.92 Å². The number of rotatable bonds is 7. The van der Waals surface area contributed by atoms with Gasteiger partial charge in [-0.1, -0.05) is 51.1 Å². The van der Waals surface area contributed by atoms with Crippen LogP contribution >= 0.6 is 0 Å². The van der Waals surface area contributed by atoms with Crippen LogP contribution < -0.4 is 16.0 Å². The molecule has 0 aliphatic carbocycles. The second kappa shape index (κ2) is 10.5. The number of anilines is 2. The molecule has 0 spiro atoms. The van der Waals surface area contributed by atoms with E-state index in [1.807, 2.05) is 73.7 Å². The summed E-state index contributed by atoms with van der Waals surface area (Å²) in [5.74, 6) is 0.418. The lowest BCUT2D eigenvalue weighted by Crippen LogP contribution is -2.27. The maximum Gasteiger partial charge on any atom is 0.324 e.